The van der Waals surface area contributed by atoms with Gasteiger partial charge in [0.2, 0.25) is 5.37 Å². The summed E-state index contributed by atoms with van der Waals surface area (Å²) < 4.78 is 0. The predicted octanol–water partition coefficient (Wildman–Crippen LogP) is 4.18. The molecule has 5 heteroatoms. The maximum absolute atomic E-state index is 2.56. The van der Waals surface area contributed by atoms with Crippen LogP contribution in [0.25, 0.3) is 0 Å². The Morgan fingerprint density at radius 2 is 1.73 bits per heavy atom. The molecule has 0 N–H and O–H groups in total. The van der Waals surface area contributed by atoms with Gasteiger partial charge in [-0.15, -0.1) is 0 Å². The van der Waals surface area contributed by atoms with Crippen molar-refractivity contribution in [2.45, 2.75) is 55.7 Å². The van der Waals surface area contributed by atoms with Crippen LogP contribution in [0.4, 0.5) is 11.4 Å². The number of fused-ring (bicyclic) bond motifs is 2. The molecule has 2 heterocycles. The highest BCUT2D eigenvalue weighted by Gasteiger charge is 2.36. The van der Waals surface area contributed by atoms with E-state index in [1.54, 1.807) is 0 Å². The summed E-state index contributed by atoms with van der Waals surface area (Å²) in [5.74, 6) is 0. The monoisotopic (exact) mass is 588 g/mol. The molecule has 174 valence electrons. The zero-order chi connectivity index (χ0) is 22.3. The SMILES string of the molecule is CCN1C(=CC2=C/C(=C\C3[SH+]c4ccccc4N3CC)CC(C)(C)C2)Sc2ccccc21.[I-]. The van der Waals surface area contributed by atoms with Gasteiger partial charge >= 0.3 is 0 Å². The lowest BCUT2D eigenvalue weighted by Crippen LogP contribution is -3.00. The summed E-state index contributed by atoms with van der Waals surface area (Å²) in [6.45, 7) is 11.4. The first-order valence-electron chi connectivity index (χ1n) is 11.7. The summed E-state index contributed by atoms with van der Waals surface area (Å²) in [5, 5.41) is 1.79. The van der Waals surface area contributed by atoms with Crippen LogP contribution >= 0.6 is 11.8 Å². The molecule has 5 rings (SSSR count). The third kappa shape index (κ3) is 5.06. The van der Waals surface area contributed by atoms with Crippen LogP contribution in [0.5, 0.6) is 0 Å². The van der Waals surface area contributed by atoms with Crippen molar-refractivity contribution in [1.29, 1.82) is 0 Å². The number of hydrogen-bond acceptors (Lipinski definition) is 3. The van der Waals surface area contributed by atoms with Gasteiger partial charge < -0.3 is 33.8 Å². The molecule has 0 spiro atoms. The molecule has 0 saturated carbocycles. The Hall–Kier alpha value is -1.31. The standard InChI is InChI=1S/C28H32N2S2.HI/c1-5-29-22-11-7-9-13-24(22)31-26(29)16-20-15-21(19-28(3,4)18-20)17-27-30(6-2)23-12-8-10-14-25(23)32-27;/h7-17,26H,5-6,18-19H2,1-4H3;1H/b20-16+,27-17?;. The minimum atomic E-state index is 0. The van der Waals surface area contributed by atoms with E-state index in [4.69, 9.17) is 0 Å². The van der Waals surface area contributed by atoms with E-state index in [2.05, 4.69) is 104 Å². The van der Waals surface area contributed by atoms with Crippen LogP contribution in [0, 0.1) is 5.41 Å². The fourth-order valence-electron chi connectivity index (χ4n) is 5.20. The fourth-order valence-corrected chi connectivity index (χ4v) is 7.89. The van der Waals surface area contributed by atoms with Gasteiger partial charge in [0.25, 0.3) is 0 Å². The van der Waals surface area contributed by atoms with E-state index >= 15 is 0 Å². The number of hydrogen-bond donors (Lipinski definition) is 0. The first-order valence-corrected chi connectivity index (χ1v) is 13.5. The highest BCUT2D eigenvalue weighted by Crippen LogP contribution is 2.47. The van der Waals surface area contributed by atoms with Gasteiger partial charge in [0.15, 0.2) is 4.90 Å². The molecule has 0 saturated heterocycles. The number of halogens is 1. The molecule has 1 aliphatic carbocycles. The summed E-state index contributed by atoms with van der Waals surface area (Å²) in [7, 11) is 0. The van der Waals surface area contributed by atoms with Crippen LogP contribution in [0.2, 0.25) is 0 Å². The van der Waals surface area contributed by atoms with Crippen molar-refractivity contribution in [3.8, 4) is 0 Å². The average Bonchev–Trinajstić information content (AvgIpc) is 3.28. The molecule has 1 unspecified atom stereocenters. The maximum atomic E-state index is 2.56. The van der Waals surface area contributed by atoms with E-state index < -0.39 is 0 Å². The van der Waals surface area contributed by atoms with Gasteiger partial charge in [0, 0.05) is 29.7 Å². The number of allylic oxidation sites excluding steroid dienone is 4. The number of para-hydroxylation sites is 2. The zero-order valence-corrected chi connectivity index (χ0v) is 23.8. The number of thioether (sulfide) groups is 1. The fraction of sp³-hybridized carbons (Fsp3) is 0.357. The smallest absolute Gasteiger partial charge is 0.213 e. The molecule has 0 fully saturated rings. The third-order valence-electron chi connectivity index (χ3n) is 6.48. The summed E-state index contributed by atoms with van der Waals surface area (Å²) in [6.07, 6.45) is 9.73. The minimum Gasteiger partial charge on any atom is -1.00 e. The molecule has 2 aromatic carbocycles. The maximum Gasteiger partial charge on any atom is 0.213 e. The van der Waals surface area contributed by atoms with Crippen molar-refractivity contribution in [2.24, 2.45) is 5.41 Å². The number of nitrogens with zero attached hydrogens (tertiary/aromatic N) is 2. The molecule has 2 nitrogen and oxygen atoms in total. The van der Waals surface area contributed by atoms with E-state index in [1.807, 2.05) is 11.8 Å². The average molecular weight is 589 g/mol. The topological polar surface area (TPSA) is 6.48 Å². The van der Waals surface area contributed by atoms with Gasteiger partial charge in [-0.2, -0.15) is 0 Å². The van der Waals surface area contributed by atoms with Crippen LogP contribution in [0.3, 0.4) is 0 Å². The summed E-state index contributed by atoms with van der Waals surface area (Å²) in [5.41, 5.74) is 5.97. The van der Waals surface area contributed by atoms with Gasteiger partial charge in [-0.25, -0.2) is 0 Å². The van der Waals surface area contributed by atoms with Crippen molar-refractivity contribution in [2.75, 3.05) is 22.9 Å². The van der Waals surface area contributed by atoms with E-state index in [9.17, 15) is 0 Å². The molecule has 1 atom stereocenters. The Morgan fingerprint density at radius 1 is 1.00 bits per heavy atom. The molecular formula is C28H33IN2S2. The Kier molecular flexibility index (Phi) is 7.61. The molecule has 3 aliphatic rings. The third-order valence-corrected chi connectivity index (χ3v) is 8.94. The summed E-state index contributed by atoms with van der Waals surface area (Å²) in [6, 6.07) is 17.7. The Balaban J connectivity index is 0.00000259. The van der Waals surface area contributed by atoms with E-state index in [0.717, 1.165) is 25.9 Å². The number of benzene rings is 2. The Bertz CT molecular complexity index is 1120. The molecule has 0 bridgehead atoms. The van der Waals surface area contributed by atoms with Gasteiger partial charge in [0.05, 0.1) is 16.4 Å². The Labute approximate surface area is 224 Å². The first kappa shape index (κ1) is 24.8. The number of rotatable bonds is 4. The number of thiol groups is 1. The molecule has 33 heavy (non-hydrogen) atoms. The van der Waals surface area contributed by atoms with Gasteiger partial charge in [-0.05, 0) is 79.7 Å². The molecule has 2 aliphatic heterocycles. The highest BCUT2D eigenvalue weighted by molar-refractivity contribution is 8.03. The van der Waals surface area contributed by atoms with Gasteiger partial charge in [0.1, 0.15) is 0 Å². The van der Waals surface area contributed by atoms with Crippen LogP contribution in [-0.2, 0) is 11.8 Å². The van der Waals surface area contributed by atoms with E-state index in [0.29, 0.717) is 5.37 Å². The largest absolute Gasteiger partial charge is 1.00 e. The zero-order valence-electron chi connectivity index (χ0n) is 19.9. The van der Waals surface area contributed by atoms with Crippen molar-refractivity contribution >= 4 is 34.9 Å². The highest BCUT2D eigenvalue weighted by atomic mass is 127. The minimum absolute atomic E-state index is 0. The molecule has 0 aromatic heterocycles. The Morgan fingerprint density at radius 3 is 2.48 bits per heavy atom. The second-order valence-corrected chi connectivity index (χ2v) is 11.9. The van der Waals surface area contributed by atoms with Gasteiger partial charge in [-0.1, -0.05) is 56.0 Å². The van der Waals surface area contributed by atoms with E-state index in [1.165, 1.54) is 49.1 Å². The predicted molar refractivity (Wildman–Crippen MR) is 143 cm³/mol. The first-order chi connectivity index (χ1) is 15.5. The van der Waals surface area contributed by atoms with Crippen molar-refractivity contribution < 1.29 is 24.0 Å². The lowest BCUT2D eigenvalue weighted by molar-refractivity contribution is -0.00000700. The van der Waals surface area contributed by atoms with Crippen LogP contribution in [-0.4, -0.2) is 18.5 Å². The molecule has 0 radical (unpaired) electrons. The quantitative estimate of drug-likeness (QED) is 0.301. The number of likely N-dealkylation sites (N-methyl/N-ethyl adjacent to an activating group) is 1. The number of anilines is 2. The summed E-state index contributed by atoms with van der Waals surface area (Å²) in [4.78, 5) is 7.83. The van der Waals surface area contributed by atoms with Crippen LogP contribution in [0.15, 0.2) is 92.7 Å². The lowest BCUT2D eigenvalue weighted by atomic mass is 9.75. The van der Waals surface area contributed by atoms with Crippen LogP contribution < -0.4 is 33.8 Å². The van der Waals surface area contributed by atoms with Crippen molar-refractivity contribution in [1.82, 2.24) is 0 Å². The van der Waals surface area contributed by atoms with E-state index in [-0.39, 0.29) is 29.4 Å². The van der Waals surface area contributed by atoms with Crippen LogP contribution in [0.1, 0.15) is 40.5 Å². The molecule has 0 amide bonds. The lowest BCUT2D eigenvalue weighted by Gasteiger charge is -2.31. The molecule has 2 aromatic rings. The van der Waals surface area contributed by atoms with Crippen molar-refractivity contribution in [3.63, 3.8) is 0 Å². The van der Waals surface area contributed by atoms with Crippen molar-refractivity contribution in [3.05, 3.63) is 82.9 Å². The second-order valence-electron chi connectivity index (χ2n) is 9.59. The molecular weight excluding hydrogens is 555 g/mol. The normalized spacial score (nSPS) is 23.4. The summed E-state index contributed by atoms with van der Waals surface area (Å²) >= 11 is 3.32. The second kappa shape index (κ2) is 10.1. The van der Waals surface area contributed by atoms with Gasteiger partial charge in [-0.3, -0.25) is 0 Å².